The smallest absolute Gasteiger partial charge is 0.237 e. The summed E-state index contributed by atoms with van der Waals surface area (Å²) < 4.78 is 0. The van der Waals surface area contributed by atoms with Crippen LogP contribution in [-0.2, 0) is 4.79 Å². The highest BCUT2D eigenvalue weighted by molar-refractivity contribution is 8.76. The van der Waals surface area contributed by atoms with E-state index in [-0.39, 0.29) is 11.8 Å². The molecule has 0 bridgehead atoms. The first-order valence-electron chi connectivity index (χ1n) is 4.71. The second-order valence-corrected chi connectivity index (χ2v) is 6.06. The lowest BCUT2D eigenvalue weighted by molar-refractivity contribution is -0.125. The highest BCUT2D eigenvalue weighted by Crippen LogP contribution is 2.24. The summed E-state index contributed by atoms with van der Waals surface area (Å²) >= 11 is 0. The summed E-state index contributed by atoms with van der Waals surface area (Å²) in [4.78, 5) is 13.5. The molecule has 1 atom stereocenters. The Hall–Kier alpha value is 0.0900. The minimum atomic E-state index is -0.0745. The zero-order chi connectivity index (χ0) is 10.4. The predicted molar refractivity (Wildman–Crippen MR) is 62.9 cm³/mol. The first-order valence-corrected chi connectivity index (χ1v) is 7.20. The van der Waals surface area contributed by atoms with Gasteiger partial charge < -0.3 is 4.90 Å². The summed E-state index contributed by atoms with van der Waals surface area (Å²) in [6, 6.07) is 0. The van der Waals surface area contributed by atoms with Crippen LogP contribution in [0.5, 0.6) is 0 Å². The highest BCUT2D eigenvalue weighted by Gasteiger charge is 2.17. The first-order chi connectivity index (χ1) is 6.74. The van der Waals surface area contributed by atoms with Gasteiger partial charge in [-0.1, -0.05) is 28.5 Å². The molecule has 3 N–H and O–H groups in total. The number of carbonyl (C=O) groups excluding carboxylic acids is 1. The summed E-state index contributed by atoms with van der Waals surface area (Å²) in [5.41, 5.74) is 2.19. The van der Waals surface area contributed by atoms with Crippen LogP contribution in [0, 0.1) is 5.92 Å². The maximum atomic E-state index is 11.2. The van der Waals surface area contributed by atoms with Crippen LogP contribution in [-0.4, -0.2) is 41.9 Å². The molecule has 0 aromatic rings. The summed E-state index contributed by atoms with van der Waals surface area (Å²) in [5, 5.41) is 0. The zero-order valence-corrected chi connectivity index (χ0v) is 10.00. The third-order valence-electron chi connectivity index (χ3n) is 2.19. The fourth-order valence-corrected chi connectivity index (χ4v) is 3.41. The number of hydrogen-bond donors (Lipinski definition) is 2. The molecule has 82 valence electrons. The van der Waals surface area contributed by atoms with Gasteiger partial charge in [-0.15, -0.1) is 0 Å². The Kier molecular flexibility index (Phi) is 5.69. The van der Waals surface area contributed by atoms with Crippen LogP contribution < -0.4 is 11.3 Å². The van der Waals surface area contributed by atoms with E-state index in [0.717, 1.165) is 31.1 Å². The van der Waals surface area contributed by atoms with E-state index in [4.69, 9.17) is 5.84 Å². The maximum absolute atomic E-state index is 11.2. The molecule has 0 aromatic heterocycles. The molecule has 1 amide bonds. The first kappa shape index (κ1) is 12.2. The van der Waals surface area contributed by atoms with E-state index in [1.54, 1.807) is 0 Å². The number of carbonyl (C=O) groups is 1. The lowest BCUT2D eigenvalue weighted by Crippen LogP contribution is -2.41. The molecule has 0 aromatic carbocycles. The molecule has 0 aliphatic carbocycles. The molecule has 1 saturated heterocycles. The number of nitrogens with two attached hydrogens (primary N) is 1. The second-order valence-electron chi connectivity index (χ2n) is 3.35. The number of hydrogen-bond acceptors (Lipinski definition) is 5. The van der Waals surface area contributed by atoms with Gasteiger partial charge in [0.25, 0.3) is 0 Å². The van der Waals surface area contributed by atoms with E-state index < -0.39 is 0 Å². The highest BCUT2D eigenvalue weighted by atomic mass is 33.1. The van der Waals surface area contributed by atoms with Gasteiger partial charge in [0, 0.05) is 37.1 Å². The molecule has 6 heteroatoms. The van der Waals surface area contributed by atoms with Crippen molar-refractivity contribution < 1.29 is 4.79 Å². The Morgan fingerprint density at radius 1 is 1.50 bits per heavy atom. The van der Waals surface area contributed by atoms with E-state index >= 15 is 0 Å². The molecule has 1 fully saturated rings. The molecular formula is C8H17N3OS2. The molecule has 1 rings (SSSR count). The molecule has 1 unspecified atom stereocenters. The zero-order valence-electron chi connectivity index (χ0n) is 8.36. The van der Waals surface area contributed by atoms with Gasteiger partial charge in [0.15, 0.2) is 0 Å². The monoisotopic (exact) mass is 235 g/mol. The van der Waals surface area contributed by atoms with Crippen LogP contribution in [0.15, 0.2) is 0 Å². The Balaban J connectivity index is 2.30. The average molecular weight is 235 g/mol. The van der Waals surface area contributed by atoms with Crippen molar-refractivity contribution in [2.45, 2.75) is 6.92 Å². The van der Waals surface area contributed by atoms with E-state index in [2.05, 4.69) is 10.3 Å². The van der Waals surface area contributed by atoms with Crippen LogP contribution in [0.4, 0.5) is 0 Å². The standard InChI is InChI=1S/C8H17N3OS2/c1-7(8(12)10-9)6-11-2-4-13-14-5-3-11/h7H,2-6,9H2,1H3,(H,10,12). The Bertz CT molecular complexity index is 183. The largest absolute Gasteiger partial charge is 0.301 e. The molecular weight excluding hydrogens is 218 g/mol. The van der Waals surface area contributed by atoms with E-state index in [0.29, 0.717) is 0 Å². The quantitative estimate of drug-likeness (QED) is 0.319. The van der Waals surface area contributed by atoms with Gasteiger partial charge in [-0.2, -0.15) is 0 Å². The number of nitrogens with one attached hydrogen (secondary N) is 1. The van der Waals surface area contributed by atoms with Crippen LogP contribution in [0.2, 0.25) is 0 Å². The SMILES string of the molecule is CC(CN1CCSSCC1)C(=O)NN. The Labute approximate surface area is 92.7 Å². The molecule has 0 saturated carbocycles. The summed E-state index contributed by atoms with van der Waals surface area (Å²) in [5.74, 6) is 7.27. The minimum Gasteiger partial charge on any atom is -0.301 e. The van der Waals surface area contributed by atoms with Gasteiger partial charge >= 0.3 is 0 Å². The van der Waals surface area contributed by atoms with Crippen molar-refractivity contribution >= 4 is 27.5 Å². The summed E-state index contributed by atoms with van der Waals surface area (Å²) in [6.45, 7) is 4.86. The average Bonchev–Trinajstić information content (AvgIpc) is 2.45. The lowest BCUT2D eigenvalue weighted by atomic mass is 10.1. The molecule has 1 aliphatic heterocycles. The van der Waals surface area contributed by atoms with Crippen molar-refractivity contribution in [3.8, 4) is 0 Å². The number of nitrogens with zero attached hydrogens (tertiary/aromatic N) is 1. The van der Waals surface area contributed by atoms with Gasteiger partial charge in [0.1, 0.15) is 0 Å². The topological polar surface area (TPSA) is 58.4 Å². The fraction of sp³-hybridized carbons (Fsp3) is 0.875. The van der Waals surface area contributed by atoms with Gasteiger partial charge in [-0.05, 0) is 0 Å². The minimum absolute atomic E-state index is 0.0203. The Morgan fingerprint density at radius 2 is 2.07 bits per heavy atom. The van der Waals surface area contributed by atoms with Crippen molar-refractivity contribution in [2.24, 2.45) is 11.8 Å². The lowest BCUT2D eigenvalue weighted by Gasteiger charge is -2.22. The van der Waals surface area contributed by atoms with Crippen molar-refractivity contribution in [3.63, 3.8) is 0 Å². The predicted octanol–water partition coefficient (Wildman–Crippen LogP) is 0.309. The maximum Gasteiger partial charge on any atom is 0.237 e. The van der Waals surface area contributed by atoms with Crippen LogP contribution in [0.25, 0.3) is 0 Å². The van der Waals surface area contributed by atoms with Gasteiger partial charge in [-0.25, -0.2) is 5.84 Å². The number of rotatable bonds is 3. The molecule has 1 aliphatic rings. The summed E-state index contributed by atoms with van der Waals surface area (Å²) in [6.07, 6.45) is 0. The molecule has 0 radical (unpaired) electrons. The molecule has 14 heavy (non-hydrogen) atoms. The van der Waals surface area contributed by atoms with Gasteiger partial charge in [-0.3, -0.25) is 10.2 Å². The van der Waals surface area contributed by atoms with Crippen LogP contribution in [0.3, 0.4) is 0 Å². The Morgan fingerprint density at radius 3 is 2.57 bits per heavy atom. The third-order valence-corrected chi connectivity index (χ3v) is 4.55. The van der Waals surface area contributed by atoms with Crippen LogP contribution in [0.1, 0.15) is 6.92 Å². The van der Waals surface area contributed by atoms with E-state index in [9.17, 15) is 4.79 Å². The van der Waals surface area contributed by atoms with Crippen molar-refractivity contribution in [2.75, 3.05) is 31.1 Å². The van der Waals surface area contributed by atoms with Crippen molar-refractivity contribution in [1.82, 2.24) is 10.3 Å². The summed E-state index contributed by atoms with van der Waals surface area (Å²) in [7, 11) is 3.82. The number of hydrazine groups is 1. The fourth-order valence-electron chi connectivity index (χ4n) is 1.36. The molecule has 0 spiro atoms. The van der Waals surface area contributed by atoms with Gasteiger partial charge in [0.2, 0.25) is 5.91 Å². The van der Waals surface area contributed by atoms with Crippen molar-refractivity contribution in [1.29, 1.82) is 0 Å². The van der Waals surface area contributed by atoms with E-state index in [1.165, 1.54) is 0 Å². The normalized spacial score (nSPS) is 21.3. The second kappa shape index (κ2) is 6.55. The van der Waals surface area contributed by atoms with Gasteiger partial charge in [0.05, 0.1) is 0 Å². The van der Waals surface area contributed by atoms with Crippen molar-refractivity contribution in [3.05, 3.63) is 0 Å². The van der Waals surface area contributed by atoms with Crippen LogP contribution >= 0.6 is 21.6 Å². The third kappa shape index (κ3) is 4.08. The molecule has 4 nitrogen and oxygen atoms in total. The molecule has 1 heterocycles. The van der Waals surface area contributed by atoms with E-state index in [1.807, 2.05) is 28.5 Å². The number of amides is 1.